The van der Waals surface area contributed by atoms with Crippen LogP contribution in [0.1, 0.15) is 119 Å². The second-order valence-corrected chi connectivity index (χ2v) is 24.5. The number of carboxylic acid groups (broad SMARTS) is 2. The number of aliphatic carboxylic acids is 2. The third-order valence-corrected chi connectivity index (χ3v) is 17.5. The molecule has 6 rings (SSSR count). The van der Waals surface area contributed by atoms with Crippen molar-refractivity contribution in [1.29, 1.82) is 0 Å². The Labute approximate surface area is 519 Å². The van der Waals surface area contributed by atoms with Crippen molar-refractivity contribution in [2.75, 3.05) is 39.0 Å². The number of ether oxygens (including phenoxy) is 3. The molecule has 7 amide bonds. The van der Waals surface area contributed by atoms with Gasteiger partial charge in [0.05, 0.1) is 25.2 Å². The quantitative estimate of drug-likeness (QED) is 0.0258. The van der Waals surface area contributed by atoms with Gasteiger partial charge in [-0.05, 0) is 61.3 Å². The molecular weight excluding hydrogens is 1180 g/mol. The summed E-state index contributed by atoms with van der Waals surface area (Å²) in [5.41, 5.74) is 7.19. The van der Waals surface area contributed by atoms with Crippen molar-refractivity contribution in [3.8, 4) is 5.75 Å². The van der Waals surface area contributed by atoms with Crippen LogP contribution in [0.2, 0.25) is 0 Å². The third kappa shape index (κ3) is 18.2. The third-order valence-electron chi connectivity index (χ3n) is 16.6. The smallest absolute Gasteiger partial charge is 0.335 e. The summed E-state index contributed by atoms with van der Waals surface area (Å²) in [7, 11) is 3.51. The van der Waals surface area contributed by atoms with Crippen LogP contribution in [-0.2, 0) is 65.6 Å². The summed E-state index contributed by atoms with van der Waals surface area (Å²) in [6.07, 6.45) is -6.36. The Hall–Kier alpha value is -7.73. The second-order valence-electron chi connectivity index (χ2n) is 23.6. The standard InChI is InChI=1S/C61H83N9O18S/c1-9-33(4)49(58(81)68(7)41(32(2)3)28-45(86-35(6)71)57-66-40(31-89-57)54(78)64-38(25-34(5)59(82)83)26-36-15-11-10-12-16-36)67-56(80)43-17-13-14-24-70(43,8)30-37-18-19-44(87-61-52(77)50(75)51(76)53(88-61)60(84)85)39(27-37)65-46(72)22-23-63-55(79)42(29-62)69-47(73)20-21-48(69)74/h10-12,15-16,18-21,27,31-34,38,41-43,45,49-53,61,75-77H,9,13-14,17,22-26,28-30,62H2,1-8H3,(H5-,63,64,65,67,72,78,79,80,82,83,84,85)/p+1/t33-,34-,38+,41+,42-,43+,45+,49-,50-,51-,52+,53-,61+,70?/m0/s1. The van der Waals surface area contributed by atoms with Crippen LogP contribution in [0.5, 0.6) is 5.75 Å². The lowest BCUT2D eigenvalue weighted by atomic mass is 9.92. The van der Waals surface area contributed by atoms with E-state index >= 15 is 0 Å². The molecule has 27 nitrogen and oxygen atoms in total. The van der Waals surface area contributed by atoms with E-state index in [1.54, 1.807) is 24.9 Å². The maximum Gasteiger partial charge on any atom is 0.335 e. The number of hydrogen-bond donors (Lipinski definition) is 10. The van der Waals surface area contributed by atoms with Crippen LogP contribution < -0.4 is 31.7 Å². The summed E-state index contributed by atoms with van der Waals surface area (Å²) < 4.78 is 17.3. The van der Waals surface area contributed by atoms with Crippen molar-refractivity contribution in [2.45, 2.75) is 166 Å². The van der Waals surface area contributed by atoms with Crippen molar-refractivity contribution in [2.24, 2.45) is 23.5 Å². The number of thiazole rings is 1. The molecule has 3 aliphatic heterocycles. The Kier molecular flexibility index (Phi) is 25.0. The van der Waals surface area contributed by atoms with Crippen molar-refractivity contribution >= 4 is 76.3 Å². The number of nitrogens with two attached hydrogens (primary N) is 1. The van der Waals surface area contributed by atoms with Crippen molar-refractivity contribution in [1.82, 2.24) is 30.7 Å². The molecule has 0 bridgehead atoms. The summed E-state index contributed by atoms with van der Waals surface area (Å²) in [5, 5.41) is 64.3. The van der Waals surface area contributed by atoms with Gasteiger partial charge in [0.25, 0.3) is 23.6 Å². The van der Waals surface area contributed by atoms with Gasteiger partial charge in [0.1, 0.15) is 53.4 Å². The number of carbonyl (C=O) groups excluding carboxylic acids is 8. The van der Waals surface area contributed by atoms with E-state index in [2.05, 4.69) is 26.3 Å². The largest absolute Gasteiger partial charge is 0.481 e. The molecule has 11 N–H and O–H groups in total. The molecule has 0 aliphatic carbocycles. The Morgan fingerprint density at radius 1 is 0.910 bits per heavy atom. The monoisotopic (exact) mass is 1260 g/mol. The van der Waals surface area contributed by atoms with E-state index in [-0.39, 0.29) is 65.8 Å². The number of esters is 1. The molecule has 4 heterocycles. The number of aliphatic hydroxyl groups is 3. The Balaban J connectivity index is 1.20. The molecular formula is C61H84N9O18S+. The molecule has 14 atom stereocenters. The highest BCUT2D eigenvalue weighted by molar-refractivity contribution is 7.09. The summed E-state index contributed by atoms with van der Waals surface area (Å²) >= 11 is 1.10. The first-order chi connectivity index (χ1) is 42.1. The summed E-state index contributed by atoms with van der Waals surface area (Å²) in [5.74, 6) is -9.11. The molecule has 1 aromatic heterocycles. The minimum absolute atomic E-state index is 0.0387. The lowest BCUT2D eigenvalue weighted by Crippen LogP contribution is -2.63. The lowest BCUT2D eigenvalue weighted by molar-refractivity contribution is -0.942. The first-order valence-electron chi connectivity index (χ1n) is 29.7. The average Bonchev–Trinajstić information content (AvgIpc) is 1.58. The fraction of sp³-hybridized carbons (Fsp3) is 0.557. The first kappa shape index (κ1) is 70.4. The number of quaternary nitrogens is 1. The van der Waals surface area contributed by atoms with Crippen molar-refractivity contribution in [3.63, 3.8) is 0 Å². The van der Waals surface area contributed by atoms with Gasteiger partial charge in [-0.1, -0.05) is 71.4 Å². The molecule has 28 heteroatoms. The predicted octanol–water partition coefficient (Wildman–Crippen LogP) is 1.77. The fourth-order valence-electron chi connectivity index (χ4n) is 11.4. The molecule has 2 fully saturated rings. The highest BCUT2D eigenvalue weighted by Crippen LogP contribution is 2.35. The second kappa shape index (κ2) is 31.6. The molecule has 486 valence electrons. The minimum Gasteiger partial charge on any atom is -0.481 e. The van der Waals surface area contributed by atoms with E-state index in [1.807, 2.05) is 65.1 Å². The summed E-state index contributed by atoms with van der Waals surface area (Å²) in [6.45, 7) is 10.3. The highest BCUT2D eigenvalue weighted by Gasteiger charge is 2.49. The number of hydrogen-bond acceptors (Lipinski definition) is 19. The summed E-state index contributed by atoms with van der Waals surface area (Å²) in [4.78, 5) is 138. The van der Waals surface area contributed by atoms with E-state index in [9.17, 15) is 73.5 Å². The maximum atomic E-state index is 15.0. The number of anilines is 1. The van der Waals surface area contributed by atoms with Crippen LogP contribution in [0.3, 0.4) is 0 Å². The van der Waals surface area contributed by atoms with Crippen molar-refractivity contribution in [3.05, 3.63) is 87.9 Å². The van der Waals surface area contributed by atoms with E-state index < -0.39 is 139 Å². The number of likely N-dealkylation sites (tertiary alicyclic amines) is 1. The number of aromatic nitrogens is 1. The number of likely N-dealkylation sites (N-methyl/N-ethyl adjacent to an activating group) is 2. The number of imide groups is 1. The number of nitrogens with zero attached hydrogens (tertiary/aromatic N) is 4. The van der Waals surface area contributed by atoms with E-state index in [1.165, 1.54) is 24.4 Å². The summed E-state index contributed by atoms with van der Waals surface area (Å²) in [6, 6.07) is 9.64. The van der Waals surface area contributed by atoms with Crippen molar-refractivity contribution < 1.29 is 92.2 Å². The van der Waals surface area contributed by atoms with Gasteiger partial charge in [0.15, 0.2) is 18.2 Å². The number of nitrogens with one attached hydrogen (secondary N) is 4. The number of piperidine rings is 1. The van der Waals surface area contributed by atoms with Gasteiger partial charge in [-0.15, -0.1) is 11.3 Å². The average molecular weight is 1260 g/mol. The molecule has 1 unspecified atom stereocenters. The van der Waals surface area contributed by atoms with Crippen LogP contribution in [0, 0.1) is 17.8 Å². The van der Waals surface area contributed by atoms with Gasteiger partial charge in [0.2, 0.25) is 24.0 Å². The SMILES string of the molecule is CC[C@H](C)[C@H](NC(=O)[C@H]1CCCC[N+]1(C)Cc1ccc(O[C@@H]2O[C@H](C(=O)O)[C@@H](O)[C@H](O)[C@H]2O)c(NC(=O)CCNC(=O)[C@H](CN)N2C(=O)C=CC2=O)c1)C(=O)N(C)[C@H](C[C@@H](OC(C)=O)c1nc(C(=O)N[C@@H](Cc2ccccc2)C[C@H](C)C(=O)O)cs1)C(C)C. The maximum absolute atomic E-state index is 15.0. The number of carbonyl (C=O) groups is 10. The van der Waals surface area contributed by atoms with Gasteiger partial charge >= 0.3 is 17.9 Å². The van der Waals surface area contributed by atoms with Crippen LogP contribution in [-0.4, -0.2) is 199 Å². The fourth-order valence-corrected chi connectivity index (χ4v) is 12.2. The zero-order chi connectivity index (χ0) is 65.6. The first-order valence-corrected chi connectivity index (χ1v) is 30.6. The van der Waals surface area contributed by atoms with Gasteiger partial charge in [-0.3, -0.25) is 48.1 Å². The number of aliphatic hydroxyl groups excluding tert-OH is 3. The molecule has 2 aromatic carbocycles. The van der Waals surface area contributed by atoms with Crippen LogP contribution in [0.4, 0.5) is 5.69 Å². The topological polar surface area (TPSA) is 393 Å². The van der Waals surface area contributed by atoms with Crippen LogP contribution >= 0.6 is 11.3 Å². The number of amides is 7. The van der Waals surface area contributed by atoms with Crippen LogP contribution in [0.15, 0.2) is 66.1 Å². The zero-order valence-corrected chi connectivity index (χ0v) is 52.1. The zero-order valence-electron chi connectivity index (χ0n) is 51.2. The molecule has 0 spiro atoms. The Morgan fingerprint density at radius 2 is 1.60 bits per heavy atom. The Bertz CT molecular complexity index is 3060. The Morgan fingerprint density at radius 3 is 2.21 bits per heavy atom. The van der Waals surface area contributed by atoms with Gasteiger partial charge in [0, 0.05) is 81.5 Å². The molecule has 3 aromatic rings. The number of benzene rings is 2. The van der Waals surface area contributed by atoms with E-state index in [0.29, 0.717) is 47.7 Å². The van der Waals surface area contributed by atoms with Gasteiger partial charge in [-0.2, -0.15) is 0 Å². The molecule has 3 aliphatic rings. The number of carboxylic acids is 2. The van der Waals surface area contributed by atoms with E-state index in [4.69, 9.17) is 19.9 Å². The van der Waals surface area contributed by atoms with Gasteiger partial charge in [-0.25, -0.2) is 9.78 Å². The molecule has 2 saturated heterocycles. The lowest BCUT2D eigenvalue weighted by Gasteiger charge is -2.44. The predicted molar refractivity (Wildman–Crippen MR) is 321 cm³/mol. The minimum atomic E-state index is -2.03. The molecule has 89 heavy (non-hydrogen) atoms. The number of rotatable bonds is 30. The van der Waals surface area contributed by atoms with Crippen LogP contribution in [0.25, 0.3) is 0 Å². The van der Waals surface area contributed by atoms with E-state index in [0.717, 1.165) is 35.5 Å². The van der Waals surface area contributed by atoms with Gasteiger partial charge < -0.3 is 76.1 Å². The highest BCUT2D eigenvalue weighted by atomic mass is 32.1. The normalized spacial score (nSPS) is 23.2. The molecule has 0 radical (unpaired) electrons. The molecule has 0 saturated carbocycles.